The molecule has 1 saturated carbocycles. The second-order valence-corrected chi connectivity index (χ2v) is 20.7. The molecule has 0 aromatic rings. The molecule has 0 aliphatic heterocycles. The van der Waals surface area contributed by atoms with E-state index in [9.17, 15) is 50.0 Å². The highest BCUT2D eigenvalue weighted by molar-refractivity contribution is 7.47. The Bertz CT molecular complexity index is 1230. The van der Waals surface area contributed by atoms with Crippen molar-refractivity contribution in [2.45, 2.75) is 293 Å². The van der Waals surface area contributed by atoms with Crippen LogP contribution in [0.4, 0.5) is 0 Å². The number of aliphatic hydroxyl groups excluding tert-OH is 7. The summed E-state index contributed by atoms with van der Waals surface area (Å²) in [6, 6.07) is -1.16. The highest BCUT2D eigenvalue weighted by Crippen LogP contribution is 2.47. The van der Waals surface area contributed by atoms with Crippen molar-refractivity contribution in [2.75, 3.05) is 6.61 Å². The van der Waals surface area contributed by atoms with Gasteiger partial charge in [0.05, 0.1) is 31.3 Å². The van der Waals surface area contributed by atoms with Crippen LogP contribution in [0.2, 0.25) is 0 Å². The Balaban J connectivity index is 2.43. The molecule has 14 heteroatoms. The zero-order valence-corrected chi connectivity index (χ0v) is 42.5. The van der Waals surface area contributed by atoms with Crippen LogP contribution in [0.15, 0.2) is 24.3 Å². The average Bonchev–Trinajstić information content (AvgIpc) is 3.29. The van der Waals surface area contributed by atoms with Crippen molar-refractivity contribution in [3.63, 3.8) is 0 Å². The number of allylic oxidation sites excluding steroid dienone is 4. The quantitative estimate of drug-likeness (QED) is 0.0158. The molecule has 0 aromatic carbocycles. The summed E-state index contributed by atoms with van der Waals surface area (Å²) in [5.41, 5.74) is 0. The normalized spacial score (nSPS) is 22.5. The van der Waals surface area contributed by atoms with Gasteiger partial charge in [-0.05, 0) is 44.9 Å². The van der Waals surface area contributed by atoms with Gasteiger partial charge in [-0.3, -0.25) is 13.8 Å². The Morgan fingerprint density at radius 3 is 1.32 bits per heavy atom. The summed E-state index contributed by atoms with van der Waals surface area (Å²) < 4.78 is 23.0. The molecule has 0 radical (unpaired) electrons. The summed E-state index contributed by atoms with van der Waals surface area (Å²) >= 11 is 0. The van der Waals surface area contributed by atoms with Gasteiger partial charge in [-0.15, -0.1) is 0 Å². The monoisotopic (exact) mass is 962 g/mol. The van der Waals surface area contributed by atoms with E-state index in [-0.39, 0.29) is 12.8 Å². The minimum absolute atomic E-state index is 0.230. The fourth-order valence-electron chi connectivity index (χ4n) is 8.69. The largest absolute Gasteiger partial charge is 0.472 e. The summed E-state index contributed by atoms with van der Waals surface area (Å²) in [6.45, 7) is 3.81. The summed E-state index contributed by atoms with van der Waals surface area (Å²) in [6.07, 6.45) is 33.6. The predicted molar refractivity (Wildman–Crippen MR) is 266 cm³/mol. The Morgan fingerprint density at radius 1 is 0.530 bits per heavy atom. The maximum atomic E-state index is 13.1. The van der Waals surface area contributed by atoms with E-state index < -0.39 is 75.2 Å². The molecule has 0 saturated heterocycles. The lowest BCUT2D eigenvalue weighted by atomic mass is 9.85. The second-order valence-electron chi connectivity index (χ2n) is 19.3. The van der Waals surface area contributed by atoms with Crippen LogP contribution in [-0.2, 0) is 18.4 Å². The molecule has 0 heterocycles. The summed E-state index contributed by atoms with van der Waals surface area (Å²) in [4.78, 5) is 23.6. The zero-order chi connectivity index (χ0) is 48.7. The Morgan fingerprint density at radius 2 is 0.894 bits per heavy atom. The zero-order valence-electron chi connectivity index (χ0n) is 41.6. The predicted octanol–water partition coefficient (Wildman–Crippen LogP) is 10.3. The van der Waals surface area contributed by atoms with Gasteiger partial charge >= 0.3 is 7.82 Å². The van der Waals surface area contributed by atoms with Crippen molar-refractivity contribution in [1.29, 1.82) is 0 Å². The number of nitrogens with one attached hydrogen (secondary N) is 1. The van der Waals surface area contributed by atoms with Crippen LogP contribution in [0.25, 0.3) is 0 Å². The maximum absolute atomic E-state index is 13.1. The van der Waals surface area contributed by atoms with Gasteiger partial charge in [0, 0.05) is 0 Å². The van der Waals surface area contributed by atoms with Crippen molar-refractivity contribution >= 4 is 13.7 Å². The van der Waals surface area contributed by atoms with Crippen LogP contribution in [0.5, 0.6) is 0 Å². The van der Waals surface area contributed by atoms with Crippen LogP contribution in [0.3, 0.4) is 0 Å². The van der Waals surface area contributed by atoms with Crippen LogP contribution < -0.4 is 5.32 Å². The third kappa shape index (κ3) is 32.6. The summed E-state index contributed by atoms with van der Waals surface area (Å²) in [7, 11) is -5.12. The lowest BCUT2D eigenvalue weighted by Gasteiger charge is -2.41. The fourth-order valence-corrected chi connectivity index (χ4v) is 9.66. The van der Waals surface area contributed by atoms with E-state index in [1.54, 1.807) is 0 Å². The Kier molecular flexibility index (Phi) is 39.5. The van der Waals surface area contributed by atoms with Gasteiger partial charge in [0.25, 0.3) is 0 Å². The van der Waals surface area contributed by atoms with Crippen molar-refractivity contribution in [3.05, 3.63) is 24.3 Å². The first-order valence-electron chi connectivity index (χ1n) is 26.9. The van der Waals surface area contributed by atoms with E-state index in [1.165, 1.54) is 128 Å². The first kappa shape index (κ1) is 62.8. The number of phosphoric acid groups is 1. The molecule has 8 unspecified atom stereocenters. The van der Waals surface area contributed by atoms with Crippen molar-refractivity contribution < 1.29 is 59.0 Å². The molecule has 390 valence electrons. The van der Waals surface area contributed by atoms with Gasteiger partial charge in [0.2, 0.25) is 5.91 Å². The summed E-state index contributed by atoms with van der Waals surface area (Å²) in [5, 5.41) is 74.9. The number of aliphatic hydroxyl groups is 7. The van der Waals surface area contributed by atoms with Crippen molar-refractivity contribution in [2.24, 2.45) is 0 Å². The molecule has 13 nitrogen and oxygen atoms in total. The summed E-state index contributed by atoms with van der Waals surface area (Å²) in [5.74, 6) is -0.566. The molecule has 1 rings (SSSR count). The maximum Gasteiger partial charge on any atom is 0.472 e. The number of phosphoric ester groups is 1. The first-order chi connectivity index (χ1) is 31.8. The lowest BCUT2D eigenvalue weighted by molar-refractivity contribution is -0.220. The van der Waals surface area contributed by atoms with Crippen LogP contribution in [0, 0.1) is 0 Å². The molecule has 1 aliphatic carbocycles. The molecule has 9 N–H and O–H groups in total. The third-order valence-electron chi connectivity index (χ3n) is 13.1. The van der Waals surface area contributed by atoms with Crippen LogP contribution in [-0.4, -0.2) is 108 Å². The molecular formula is C52H100NO12P. The standard InChI is InChI=1S/C52H100NO12P/c1-3-5-7-9-11-13-15-17-19-20-21-22-23-24-26-27-29-31-33-35-37-39-43(54)41-46(56)53-44(42-64-66(62,63)65-52-50(60)48(58)47(57)49(59)51(52)61)45(55)40-38-36-34-32-30-28-25-18-16-14-12-10-8-6-4-2/h21-22,24,26,43-45,47-52,54-55,57-61H,3-20,23,25,27-42H2,1-2H3,(H,53,56)(H,62,63)/b22-21-,26-24-. The number of amides is 1. The Hall–Kier alpha value is -1.22. The van der Waals surface area contributed by atoms with E-state index in [0.717, 1.165) is 70.6 Å². The number of hydrogen-bond acceptors (Lipinski definition) is 11. The van der Waals surface area contributed by atoms with Crippen LogP contribution >= 0.6 is 7.82 Å². The minimum atomic E-state index is -5.12. The molecule has 1 amide bonds. The van der Waals surface area contributed by atoms with E-state index in [2.05, 4.69) is 43.5 Å². The van der Waals surface area contributed by atoms with Gasteiger partial charge < -0.3 is 46.0 Å². The Labute approximate surface area is 401 Å². The average molecular weight is 962 g/mol. The molecule has 0 bridgehead atoms. The lowest BCUT2D eigenvalue weighted by Crippen LogP contribution is -2.64. The number of carbonyl (C=O) groups excluding carboxylic acids is 1. The van der Waals surface area contributed by atoms with Gasteiger partial charge in [-0.25, -0.2) is 4.57 Å². The second kappa shape index (κ2) is 41.6. The SMILES string of the molecule is CCCCCCCCCCC/C=C\C/C=C\CCCCCCCC(O)CC(=O)NC(COP(=O)(O)OC1C(O)C(O)C(O)C(O)C1O)C(O)CCCCCCCCCCCCCCCCC. The van der Waals surface area contributed by atoms with Gasteiger partial charge in [-0.2, -0.15) is 0 Å². The molecule has 0 aromatic heterocycles. The number of rotatable bonds is 45. The van der Waals surface area contributed by atoms with Crippen molar-refractivity contribution in [3.8, 4) is 0 Å². The highest BCUT2D eigenvalue weighted by Gasteiger charge is 2.51. The highest BCUT2D eigenvalue weighted by atomic mass is 31.2. The fraction of sp³-hybridized carbons (Fsp3) is 0.904. The van der Waals surface area contributed by atoms with E-state index in [4.69, 9.17) is 9.05 Å². The number of unbranched alkanes of at least 4 members (excludes halogenated alkanes) is 28. The molecule has 0 spiro atoms. The number of hydrogen-bond donors (Lipinski definition) is 9. The van der Waals surface area contributed by atoms with E-state index >= 15 is 0 Å². The van der Waals surface area contributed by atoms with Crippen molar-refractivity contribution in [1.82, 2.24) is 5.32 Å². The topological polar surface area (TPSA) is 226 Å². The van der Waals surface area contributed by atoms with Gasteiger partial charge in [0.15, 0.2) is 0 Å². The first-order valence-corrected chi connectivity index (χ1v) is 28.4. The van der Waals surface area contributed by atoms with E-state index in [1.807, 2.05) is 0 Å². The van der Waals surface area contributed by atoms with E-state index in [0.29, 0.717) is 12.8 Å². The minimum Gasteiger partial charge on any atom is -0.393 e. The van der Waals surface area contributed by atoms with Crippen LogP contribution in [0.1, 0.15) is 239 Å². The smallest absolute Gasteiger partial charge is 0.393 e. The molecule has 66 heavy (non-hydrogen) atoms. The third-order valence-corrected chi connectivity index (χ3v) is 14.1. The van der Waals surface area contributed by atoms with Gasteiger partial charge in [0.1, 0.15) is 36.6 Å². The molecule has 8 atom stereocenters. The number of carbonyl (C=O) groups is 1. The molecule has 1 fully saturated rings. The molecule has 1 aliphatic rings. The van der Waals surface area contributed by atoms with Gasteiger partial charge in [-0.1, -0.05) is 212 Å². The molecular weight excluding hydrogens is 862 g/mol.